The molecular formula is C12H19N3O. The fourth-order valence-electron chi connectivity index (χ4n) is 1.43. The number of rotatable bonds is 4. The van der Waals surface area contributed by atoms with Crippen molar-refractivity contribution in [1.29, 1.82) is 0 Å². The summed E-state index contributed by atoms with van der Waals surface area (Å²) in [6, 6.07) is 3.67. The molecule has 1 heterocycles. The van der Waals surface area contributed by atoms with Gasteiger partial charge in [0.1, 0.15) is 5.82 Å². The summed E-state index contributed by atoms with van der Waals surface area (Å²) in [5.74, 6) is 0.356. The predicted molar refractivity (Wildman–Crippen MR) is 65.1 cm³/mol. The summed E-state index contributed by atoms with van der Waals surface area (Å²) >= 11 is 0. The van der Waals surface area contributed by atoms with E-state index in [1.165, 1.54) is 0 Å². The van der Waals surface area contributed by atoms with Crippen LogP contribution in [0, 0.1) is 6.92 Å². The lowest BCUT2D eigenvalue weighted by Crippen LogP contribution is -2.48. The number of nitrogens with one attached hydrogen (secondary N) is 1. The van der Waals surface area contributed by atoms with Gasteiger partial charge in [-0.2, -0.15) is 0 Å². The molecule has 0 saturated heterocycles. The van der Waals surface area contributed by atoms with E-state index in [9.17, 15) is 4.79 Å². The van der Waals surface area contributed by atoms with Gasteiger partial charge in [-0.15, -0.1) is 0 Å². The molecule has 1 amide bonds. The van der Waals surface area contributed by atoms with E-state index in [1.54, 1.807) is 19.2 Å². The molecule has 4 nitrogen and oxygen atoms in total. The van der Waals surface area contributed by atoms with Gasteiger partial charge in [-0.25, -0.2) is 4.98 Å². The van der Waals surface area contributed by atoms with E-state index in [1.807, 2.05) is 19.9 Å². The van der Waals surface area contributed by atoms with E-state index in [0.717, 1.165) is 12.0 Å². The van der Waals surface area contributed by atoms with Crippen molar-refractivity contribution in [3.63, 3.8) is 0 Å². The third kappa shape index (κ3) is 3.31. The van der Waals surface area contributed by atoms with Gasteiger partial charge in [0.2, 0.25) is 5.91 Å². The highest BCUT2D eigenvalue weighted by Gasteiger charge is 2.27. The first-order chi connectivity index (χ1) is 7.45. The Morgan fingerprint density at radius 1 is 1.56 bits per heavy atom. The van der Waals surface area contributed by atoms with Crippen molar-refractivity contribution >= 4 is 11.7 Å². The summed E-state index contributed by atoms with van der Waals surface area (Å²) in [4.78, 5) is 15.9. The average molecular weight is 221 g/mol. The molecule has 1 aromatic heterocycles. The fourth-order valence-corrected chi connectivity index (χ4v) is 1.43. The van der Waals surface area contributed by atoms with Gasteiger partial charge in [-0.3, -0.25) is 4.79 Å². The van der Waals surface area contributed by atoms with Crippen LogP contribution in [0.5, 0.6) is 0 Å². The Morgan fingerprint density at radius 3 is 2.75 bits per heavy atom. The molecule has 4 heteroatoms. The Hall–Kier alpha value is -1.42. The van der Waals surface area contributed by atoms with Crippen LogP contribution in [-0.4, -0.2) is 16.4 Å². The van der Waals surface area contributed by atoms with E-state index in [0.29, 0.717) is 12.2 Å². The molecule has 16 heavy (non-hydrogen) atoms. The molecule has 1 atom stereocenters. The summed E-state index contributed by atoms with van der Waals surface area (Å²) in [6.07, 6.45) is 3.25. The van der Waals surface area contributed by atoms with Crippen molar-refractivity contribution in [3.8, 4) is 0 Å². The molecule has 0 fully saturated rings. The summed E-state index contributed by atoms with van der Waals surface area (Å²) in [5, 5.41) is 2.72. The smallest absolute Gasteiger partial charge is 0.245 e. The summed E-state index contributed by atoms with van der Waals surface area (Å²) in [7, 11) is 0. The molecule has 0 aliphatic carbocycles. The number of aromatic nitrogens is 1. The van der Waals surface area contributed by atoms with Crippen LogP contribution in [-0.2, 0) is 4.79 Å². The van der Waals surface area contributed by atoms with Crippen molar-refractivity contribution in [3.05, 3.63) is 23.9 Å². The Labute approximate surface area is 96.3 Å². The lowest BCUT2D eigenvalue weighted by Gasteiger charge is -2.22. The average Bonchev–Trinajstić information content (AvgIpc) is 2.21. The highest BCUT2D eigenvalue weighted by Crippen LogP contribution is 2.12. The first kappa shape index (κ1) is 12.6. The van der Waals surface area contributed by atoms with Crippen LogP contribution in [0.15, 0.2) is 18.3 Å². The lowest BCUT2D eigenvalue weighted by atomic mass is 9.96. The van der Waals surface area contributed by atoms with E-state index in [2.05, 4.69) is 10.3 Å². The van der Waals surface area contributed by atoms with Crippen LogP contribution in [0.4, 0.5) is 5.82 Å². The number of aryl methyl sites for hydroxylation is 1. The van der Waals surface area contributed by atoms with Crippen LogP contribution < -0.4 is 11.1 Å². The maximum atomic E-state index is 11.8. The van der Waals surface area contributed by atoms with Gasteiger partial charge < -0.3 is 11.1 Å². The third-order valence-electron chi connectivity index (χ3n) is 2.44. The van der Waals surface area contributed by atoms with Gasteiger partial charge >= 0.3 is 0 Å². The van der Waals surface area contributed by atoms with Crippen molar-refractivity contribution in [2.75, 3.05) is 5.32 Å². The van der Waals surface area contributed by atoms with Crippen LogP contribution in [0.2, 0.25) is 0 Å². The monoisotopic (exact) mass is 221 g/mol. The Kier molecular flexibility index (Phi) is 4.01. The second kappa shape index (κ2) is 5.07. The van der Waals surface area contributed by atoms with E-state index in [4.69, 9.17) is 5.73 Å². The van der Waals surface area contributed by atoms with E-state index < -0.39 is 5.54 Å². The molecule has 1 unspecified atom stereocenters. The van der Waals surface area contributed by atoms with Gasteiger partial charge in [0.25, 0.3) is 0 Å². The second-order valence-corrected chi connectivity index (χ2v) is 4.34. The van der Waals surface area contributed by atoms with E-state index >= 15 is 0 Å². The minimum atomic E-state index is -0.832. The standard InChI is InChI=1S/C12H19N3O/c1-4-7-12(3,13)11(16)15-10-6-5-9(2)8-14-10/h5-6,8H,4,7,13H2,1-3H3,(H,14,15,16). The largest absolute Gasteiger partial charge is 0.318 e. The Balaban J connectivity index is 2.67. The van der Waals surface area contributed by atoms with Crippen LogP contribution in [0.3, 0.4) is 0 Å². The second-order valence-electron chi connectivity index (χ2n) is 4.34. The number of amides is 1. The Morgan fingerprint density at radius 2 is 2.25 bits per heavy atom. The molecular weight excluding hydrogens is 202 g/mol. The first-order valence-corrected chi connectivity index (χ1v) is 5.48. The summed E-state index contributed by atoms with van der Waals surface area (Å²) < 4.78 is 0. The summed E-state index contributed by atoms with van der Waals surface area (Å²) in [5.41, 5.74) is 6.13. The number of hydrogen-bond donors (Lipinski definition) is 2. The first-order valence-electron chi connectivity index (χ1n) is 5.48. The maximum Gasteiger partial charge on any atom is 0.245 e. The van der Waals surface area contributed by atoms with Crippen molar-refractivity contribution in [2.45, 2.75) is 39.2 Å². The number of nitrogens with two attached hydrogens (primary N) is 1. The minimum Gasteiger partial charge on any atom is -0.318 e. The SMILES string of the molecule is CCCC(C)(N)C(=O)Nc1ccc(C)cn1. The number of carbonyl (C=O) groups is 1. The van der Waals surface area contributed by atoms with Gasteiger partial charge in [0.15, 0.2) is 0 Å². The minimum absolute atomic E-state index is 0.189. The number of anilines is 1. The summed E-state index contributed by atoms with van der Waals surface area (Å²) in [6.45, 7) is 5.69. The Bertz CT molecular complexity index is 357. The highest BCUT2D eigenvalue weighted by molar-refractivity contribution is 5.96. The predicted octanol–water partition coefficient (Wildman–Crippen LogP) is 1.85. The van der Waals surface area contributed by atoms with Crippen molar-refractivity contribution in [1.82, 2.24) is 4.98 Å². The molecule has 0 aliphatic heterocycles. The van der Waals surface area contributed by atoms with Crippen LogP contribution in [0.1, 0.15) is 32.3 Å². The molecule has 1 rings (SSSR count). The van der Waals surface area contributed by atoms with Crippen LogP contribution in [0.25, 0.3) is 0 Å². The zero-order chi connectivity index (χ0) is 12.2. The quantitative estimate of drug-likeness (QED) is 0.815. The number of hydrogen-bond acceptors (Lipinski definition) is 3. The molecule has 1 aromatic rings. The molecule has 0 radical (unpaired) electrons. The van der Waals surface area contributed by atoms with Gasteiger partial charge in [0.05, 0.1) is 5.54 Å². The number of nitrogens with zero attached hydrogens (tertiary/aromatic N) is 1. The maximum absolute atomic E-state index is 11.8. The molecule has 0 aromatic carbocycles. The molecule has 0 bridgehead atoms. The van der Waals surface area contributed by atoms with Gasteiger partial charge in [-0.05, 0) is 31.9 Å². The molecule has 88 valence electrons. The van der Waals surface area contributed by atoms with Crippen molar-refractivity contribution < 1.29 is 4.79 Å². The number of carbonyl (C=O) groups excluding carboxylic acids is 1. The topological polar surface area (TPSA) is 68.0 Å². The molecule has 0 aliphatic rings. The van der Waals surface area contributed by atoms with Gasteiger partial charge in [0, 0.05) is 6.20 Å². The van der Waals surface area contributed by atoms with Crippen molar-refractivity contribution in [2.24, 2.45) is 5.73 Å². The normalized spacial score (nSPS) is 14.2. The van der Waals surface area contributed by atoms with Crippen LogP contribution >= 0.6 is 0 Å². The third-order valence-corrected chi connectivity index (χ3v) is 2.44. The zero-order valence-electron chi connectivity index (χ0n) is 10.1. The molecule has 0 spiro atoms. The number of pyridine rings is 1. The highest BCUT2D eigenvalue weighted by atomic mass is 16.2. The van der Waals surface area contributed by atoms with E-state index in [-0.39, 0.29) is 5.91 Å². The van der Waals surface area contributed by atoms with Gasteiger partial charge in [-0.1, -0.05) is 19.4 Å². The molecule has 0 saturated carbocycles. The lowest BCUT2D eigenvalue weighted by molar-refractivity contribution is -0.120. The fraction of sp³-hybridized carbons (Fsp3) is 0.500. The zero-order valence-corrected chi connectivity index (χ0v) is 10.1. The molecule has 3 N–H and O–H groups in total.